The van der Waals surface area contributed by atoms with Crippen LogP contribution in [0.4, 0.5) is 0 Å². The largest absolute Gasteiger partial charge is 0.462 e. The smallest absolute Gasteiger partial charge is 0.333 e. The van der Waals surface area contributed by atoms with Crippen molar-refractivity contribution in [2.24, 2.45) is 0 Å². The topological polar surface area (TPSA) is 26.3 Å². The summed E-state index contributed by atoms with van der Waals surface area (Å²) in [4.78, 5) is 11.1. The minimum absolute atomic E-state index is 0.264. The molecule has 0 rings (SSSR count). The average Bonchev–Trinajstić information content (AvgIpc) is 2.31. The van der Waals surface area contributed by atoms with Gasteiger partial charge in [-0.15, -0.1) is 0 Å². The van der Waals surface area contributed by atoms with Crippen molar-refractivity contribution in [2.45, 2.75) is 58.3 Å². The summed E-state index contributed by atoms with van der Waals surface area (Å²) in [7, 11) is 0. The van der Waals surface area contributed by atoms with Crippen molar-refractivity contribution < 1.29 is 9.53 Å². The Bertz CT molecular complexity index is 214. The summed E-state index contributed by atoms with van der Waals surface area (Å²) in [6, 6.07) is 0. The number of ether oxygens (including phenoxy) is 1. The minimum Gasteiger partial charge on any atom is -0.462 e. The quantitative estimate of drug-likeness (QED) is 0.241. The molecule has 0 bridgehead atoms. The number of hydrogen-bond acceptors (Lipinski definition) is 2. The van der Waals surface area contributed by atoms with Gasteiger partial charge < -0.3 is 4.74 Å². The highest BCUT2D eigenvalue weighted by molar-refractivity contribution is 9.09. The predicted octanol–water partition coefficient (Wildman–Crippen LogP) is 4.62. The standard InChI is InChI=1S/C14H25BrO2/c1-13(2)14(16)17-12-10-8-6-4-3-5-7-9-11-15/h1,3-12H2,2H3. The fourth-order valence-electron chi connectivity index (χ4n) is 1.55. The number of carbonyl (C=O) groups excluding carboxylic acids is 1. The van der Waals surface area contributed by atoms with Gasteiger partial charge in [-0.3, -0.25) is 0 Å². The number of alkyl halides is 1. The van der Waals surface area contributed by atoms with E-state index in [-0.39, 0.29) is 5.97 Å². The summed E-state index contributed by atoms with van der Waals surface area (Å²) in [6.07, 6.45) is 9.98. The van der Waals surface area contributed by atoms with Gasteiger partial charge in [0.25, 0.3) is 0 Å². The fourth-order valence-corrected chi connectivity index (χ4v) is 1.94. The SMILES string of the molecule is C=C(C)C(=O)OCCCCCCCCCCBr. The van der Waals surface area contributed by atoms with E-state index in [2.05, 4.69) is 22.5 Å². The Labute approximate surface area is 114 Å². The lowest BCUT2D eigenvalue weighted by atomic mass is 10.1. The molecule has 0 aliphatic carbocycles. The van der Waals surface area contributed by atoms with Crippen molar-refractivity contribution in [1.29, 1.82) is 0 Å². The van der Waals surface area contributed by atoms with Gasteiger partial charge >= 0.3 is 5.97 Å². The monoisotopic (exact) mass is 304 g/mol. The predicted molar refractivity (Wildman–Crippen MR) is 76.5 cm³/mol. The lowest BCUT2D eigenvalue weighted by Gasteiger charge is -2.04. The molecule has 0 aromatic heterocycles. The summed E-state index contributed by atoms with van der Waals surface area (Å²) in [5, 5.41) is 1.13. The molecule has 0 spiro atoms. The molecule has 0 N–H and O–H groups in total. The van der Waals surface area contributed by atoms with Crippen LogP contribution in [0, 0.1) is 0 Å². The highest BCUT2D eigenvalue weighted by atomic mass is 79.9. The summed E-state index contributed by atoms with van der Waals surface area (Å²) < 4.78 is 5.02. The van der Waals surface area contributed by atoms with E-state index < -0.39 is 0 Å². The summed E-state index contributed by atoms with van der Waals surface area (Å²) in [5.41, 5.74) is 0.483. The van der Waals surface area contributed by atoms with E-state index >= 15 is 0 Å². The average molecular weight is 305 g/mol. The first-order chi connectivity index (χ1) is 8.18. The molecule has 100 valence electrons. The summed E-state index contributed by atoms with van der Waals surface area (Å²) in [6.45, 7) is 5.75. The van der Waals surface area contributed by atoms with Crippen LogP contribution in [-0.2, 0) is 9.53 Å². The van der Waals surface area contributed by atoms with E-state index in [0.717, 1.165) is 18.2 Å². The third kappa shape index (κ3) is 11.9. The van der Waals surface area contributed by atoms with E-state index in [1.807, 2.05) is 0 Å². The first-order valence-electron chi connectivity index (χ1n) is 6.57. The van der Waals surface area contributed by atoms with E-state index in [9.17, 15) is 4.79 Å². The highest BCUT2D eigenvalue weighted by Gasteiger charge is 2.01. The Kier molecular flexibility index (Phi) is 11.9. The normalized spacial score (nSPS) is 10.2. The molecule has 0 saturated heterocycles. The van der Waals surface area contributed by atoms with Crippen LogP contribution in [0.1, 0.15) is 58.3 Å². The Morgan fingerprint density at radius 1 is 1.00 bits per heavy atom. The van der Waals surface area contributed by atoms with Gasteiger partial charge in [0.1, 0.15) is 0 Å². The maximum atomic E-state index is 11.1. The van der Waals surface area contributed by atoms with E-state index in [0.29, 0.717) is 12.2 Å². The van der Waals surface area contributed by atoms with Crippen molar-refractivity contribution >= 4 is 21.9 Å². The van der Waals surface area contributed by atoms with Crippen LogP contribution in [0.5, 0.6) is 0 Å². The molecule has 0 aliphatic heterocycles. The number of hydrogen-bond donors (Lipinski definition) is 0. The van der Waals surface area contributed by atoms with Crippen molar-refractivity contribution in [2.75, 3.05) is 11.9 Å². The Morgan fingerprint density at radius 2 is 1.47 bits per heavy atom. The van der Waals surface area contributed by atoms with Crippen molar-refractivity contribution in [3.8, 4) is 0 Å². The van der Waals surface area contributed by atoms with E-state index in [1.165, 1.54) is 38.5 Å². The molecule has 0 fully saturated rings. The zero-order valence-corrected chi connectivity index (χ0v) is 12.6. The third-order valence-electron chi connectivity index (χ3n) is 2.61. The molecule has 0 aliphatic rings. The second kappa shape index (κ2) is 12.2. The molecular formula is C14H25BrO2. The molecule has 0 unspecified atom stereocenters. The molecule has 0 heterocycles. The number of rotatable bonds is 11. The van der Waals surface area contributed by atoms with Gasteiger partial charge in [0.15, 0.2) is 0 Å². The maximum Gasteiger partial charge on any atom is 0.333 e. The Hall–Kier alpha value is -0.310. The van der Waals surface area contributed by atoms with Crippen LogP contribution in [0.3, 0.4) is 0 Å². The highest BCUT2D eigenvalue weighted by Crippen LogP contribution is 2.09. The maximum absolute atomic E-state index is 11.1. The zero-order valence-electron chi connectivity index (χ0n) is 11.0. The lowest BCUT2D eigenvalue weighted by molar-refractivity contribution is -0.139. The number of esters is 1. The van der Waals surface area contributed by atoms with Crippen LogP contribution in [-0.4, -0.2) is 17.9 Å². The summed E-state index contributed by atoms with van der Waals surface area (Å²) >= 11 is 3.43. The van der Waals surface area contributed by atoms with E-state index in [1.54, 1.807) is 6.92 Å². The molecule has 0 aromatic carbocycles. The van der Waals surface area contributed by atoms with Crippen LogP contribution in [0.2, 0.25) is 0 Å². The third-order valence-corrected chi connectivity index (χ3v) is 3.17. The zero-order chi connectivity index (χ0) is 12.9. The Morgan fingerprint density at radius 3 is 1.94 bits per heavy atom. The molecule has 0 aromatic rings. The minimum atomic E-state index is -0.264. The second-order valence-electron chi connectivity index (χ2n) is 4.43. The van der Waals surface area contributed by atoms with Gasteiger partial charge in [-0.05, 0) is 19.8 Å². The van der Waals surface area contributed by atoms with Crippen molar-refractivity contribution in [3.05, 3.63) is 12.2 Å². The second-order valence-corrected chi connectivity index (χ2v) is 5.23. The van der Waals surface area contributed by atoms with Gasteiger partial charge in [-0.1, -0.05) is 61.0 Å². The van der Waals surface area contributed by atoms with Gasteiger partial charge in [0.2, 0.25) is 0 Å². The lowest BCUT2D eigenvalue weighted by Crippen LogP contribution is -2.05. The Balaban J connectivity index is 3.08. The van der Waals surface area contributed by atoms with Gasteiger partial charge in [0, 0.05) is 10.9 Å². The number of carbonyl (C=O) groups is 1. The number of unbranched alkanes of at least 4 members (excludes halogenated alkanes) is 7. The van der Waals surface area contributed by atoms with Gasteiger partial charge in [-0.25, -0.2) is 4.79 Å². The van der Waals surface area contributed by atoms with Crippen LogP contribution in [0.15, 0.2) is 12.2 Å². The van der Waals surface area contributed by atoms with Gasteiger partial charge in [0.05, 0.1) is 6.61 Å². The fraction of sp³-hybridized carbons (Fsp3) is 0.786. The molecule has 3 heteroatoms. The molecule has 0 atom stereocenters. The molecule has 0 radical (unpaired) electrons. The van der Waals surface area contributed by atoms with Crippen LogP contribution < -0.4 is 0 Å². The first kappa shape index (κ1) is 16.7. The van der Waals surface area contributed by atoms with E-state index in [4.69, 9.17) is 4.74 Å². The first-order valence-corrected chi connectivity index (χ1v) is 7.69. The molecule has 2 nitrogen and oxygen atoms in total. The van der Waals surface area contributed by atoms with Crippen molar-refractivity contribution in [1.82, 2.24) is 0 Å². The molecule has 0 saturated carbocycles. The van der Waals surface area contributed by atoms with Crippen LogP contribution in [0.25, 0.3) is 0 Å². The van der Waals surface area contributed by atoms with Crippen LogP contribution >= 0.6 is 15.9 Å². The van der Waals surface area contributed by atoms with Gasteiger partial charge in [-0.2, -0.15) is 0 Å². The van der Waals surface area contributed by atoms with Crippen molar-refractivity contribution in [3.63, 3.8) is 0 Å². The molecule has 0 amide bonds. The number of halogens is 1. The molecular weight excluding hydrogens is 280 g/mol. The summed E-state index contributed by atoms with van der Waals surface area (Å²) in [5.74, 6) is -0.264. The molecule has 17 heavy (non-hydrogen) atoms.